The van der Waals surface area contributed by atoms with Crippen molar-refractivity contribution in [1.82, 2.24) is 4.23 Å². The van der Waals surface area contributed by atoms with E-state index in [1.54, 1.807) is 5.19 Å². The summed E-state index contributed by atoms with van der Waals surface area (Å²) in [6.07, 6.45) is 2.45. The maximum atomic E-state index is 2.57. The third-order valence-corrected chi connectivity index (χ3v) is 7.07. The first-order valence-corrected chi connectivity index (χ1v) is 13.3. The van der Waals surface area contributed by atoms with Gasteiger partial charge < -0.3 is 4.23 Å². The van der Waals surface area contributed by atoms with E-state index in [2.05, 4.69) is 74.0 Å². The molecule has 1 nitrogen and oxygen atoms in total. The molecule has 17 heavy (non-hydrogen) atoms. The number of rotatable bonds is 2. The van der Waals surface area contributed by atoms with Gasteiger partial charge in [-0.1, -0.05) is 57.5 Å². The van der Waals surface area contributed by atoms with Crippen LogP contribution in [0.1, 0.15) is 0 Å². The number of benzene rings is 1. The van der Waals surface area contributed by atoms with Crippen molar-refractivity contribution in [3.63, 3.8) is 0 Å². The molecule has 0 aliphatic heterocycles. The maximum absolute atomic E-state index is 2.57. The van der Waals surface area contributed by atoms with Crippen LogP contribution in [-0.4, -0.2) is 20.5 Å². The first-order chi connectivity index (χ1) is 7.71. The van der Waals surface area contributed by atoms with Gasteiger partial charge in [0.15, 0.2) is 8.24 Å². The molecule has 0 spiro atoms. The molecule has 1 aromatic carbocycles. The van der Waals surface area contributed by atoms with Gasteiger partial charge in [0.05, 0.1) is 8.07 Å². The minimum Gasteiger partial charge on any atom is -0.375 e. The topological polar surface area (TPSA) is 4.93 Å². The van der Waals surface area contributed by atoms with E-state index >= 15 is 0 Å². The molecule has 2 aromatic rings. The molecule has 0 saturated carbocycles. The number of nitrogens with zero attached hydrogens (tertiary/aromatic N) is 1. The van der Waals surface area contributed by atoms with Crippen molar-refractivity contribution in [2.45, 2.75) is 39.3 Å². The minimum absolute atomic E-state index is 1.25. The van der Waals surface area contributed by atoms with E-state index < -0.39 is 16.3 Å². The lowest BCUT2D eigenvalue weighted by molar-refractivity contribution is 1.20. The minimum atomic E-state index is -1.32. The number of aromatic nitrogens is 1. The first kappa shape index (κ1) is 12.6. The van der Waals surface area contributed by atoms with Crippen molar-refractivity contribution in [3.05, 3.63) is 30.5 Å². The molecular weight excluding hydrogens is 238 g/mol. The molecule has 0 amide bonds. The Morgan fingerprint density at radius 1 is 0.882 bits per heavy atom. The second-order valence-electron chi connectivity index (χ2n) is 6.85. The van der Waals surface area contributed by atoms with E-state index in [0.29, 0.717) is 0 Å². The van der Waals surface area contributed by atoms with Gasteiger partial charge >= 0.3 is 0 Å². The Hall–Kier alpha value is -0.806. The van der Waals surface area contributed by atoms with E-state index in [9.17, 15) is 0 Å². The fourth-order valence-corrected chi connectivity index (χ4v) is 5.43. The summed E-state index contributed by atoms with van der Waals surface area (Å²) in [7, 11) is -2.57. The quantitative estimate of drug-likeness (QED) is 0.723. The Morgan fingerprint density at radius 3 is 2.00 bits per heavy atom. The summed E-state index contributed by atoms with van der Waals surface area (Å²) < 4.78 is 2.57. The van der Waals surface area contributed by atoms with Crippen LogP contribution in [0.15, 0.2) is 30.5 Å². The monoisotopic (exact) mass is 261 g/mol. The fourth-order valence-electron chi connectivity index (χ4n) is 2.33. The number of para-hydroxylation sites is 1. The Labute approximate surface area is 107 Å². The van der Waals surface area contributed by atoms with Gasteiger partial charge in [0.25, 0.3) is 0 Å². The molecular formula is C14H23NSi2. The lowest BCUT2D eigenvalue weighted by atomic mass is 10.2. The zero-order valence-corrected chi connectivity index (χ0v) is 13.8. The van der Waals surface area contributed by atoms with Crippen molar-refractivity contribution < 1.29 is 0 Å². The maximum Gasteiger partial charge on any atom is 0.152 e. The van der Waals surface area contributed by atoms with E-state index in [0.717, 1.165) is 0 Å². The summed E-state index contributed by atoms with van der Waals surface area (Å²) in [6.45, 7) is 14.5. The Kier molecular flexibility index (Phi) is 2.86. The SMILES string of the molecule is C[Si](C)(C)c1cn([Si](C)(C)C)c2ccccc12. The normalized spacial score (nSPS) is 13.3. The zero-order valence-electron chi connectivity index (χ0n) is 11.8. The smallest absolute Gasteiger partial charge is 0.152 e. The molecule has 0 aliphatic carbocycles. The summed E-state index contributed by atoms with van der Waals surface area (Å²) in [5.41, 5.74) is 1.43. The van der Waals surface area contributed by atoms with Crippen molar-refractivity contribution in [3.8, 4) is 0 Å². The molecule has 1 heterocycles. The Bertz CT molecular complexity index is 493. The highest BCUT2D eigenvalue weighted by Crippen LogP contribution is 2.21. The van der Waals surface area contributed by atoms with Gasteiger partial charge in [0.2, 0.25) is 0 Å². The number of fused-ring (bicyclic) bond motifs is 1. The van der Waals surface area contributed by atoms with Crippen LogP contribution in [0, 0.1) is 0 Å². The molecule has 0 unspecified atom stereocenters. The molecule has 0 N–H and O–H groups in total. The Balaban J connectivity index is 2.81. The van der Waals surface area contributed by atoms with Crippen LogP contribution in [0.5, 0.6) is 0 Å². The van der Waals surface area contributed by atoms with Gasteiger partial charge in [0, 0.05) is 5.52 Å². The van der Waals surface area contributed by atoms with Gasteiger partial charge in [-0.3, -0.25) is 0 Å². The van der Waals surface area contributed by atoms with Gasteiger partial charge in [-0.25, -0.2) is 0 Å². The number of hydrogen-bond donors (Lipinski definition) is 0. The summed E-state index contributed by atoms with van der Waals surface area (Å²) in [6, 6.07) is 8.89. The molecule has 0 radical (unpaired) electrons. The van der Waals surface area contributed by atoms with Crippen LogP contribution in [0.2, 0.25) is 39.3 Å². The second kappa shape index (κ2) is 3.85. The summed E-state index contributed by atoms with van der Waals surface area (Å²) >= 11 is 0. The molecule has 0 aliphatic rings. The van der Waals surface area contributed by atoms with E-state index in [4.69, 9.17) is 0 Å². The lowest BCUT2D eigenvalue weighted by Gasteiger charge is -2.20. The second-order valence-corrected chi connectivity index (χ2v) is 16.7. The third-order valence-electron chi connectivity index (χ3n) is 3.24. The molecule has 2 rings (SSSR count). The van der Waals surface area contributed by atoms with E-state index in [1.165, 1.54) is 10.9 Å². The summed E-state index contributed by atoms with van der Waals surface area (Å²) in [4.78, 5) is 0. The van der Waals surface area contributed by atoms with Crippen LogP contribution in [-0.2, 0) is 0 Å². The van der Waals surface area contributed by atoms with Crippen LogP contribution < -0.4 is 5.19 Å². The fraction of sp³-hybridized carbons (Fsp3) is 0.429. The lowest BCUT2D eigenvalue weighted by Crippen LogP contribution is -2.38. The molecule has 0 bridgehead atoms. The zero-order chi connectivity index (χ0) is 12.8. The average Bonchev–Trinajstić information content (AvgIpc) is 2.55. The summed E-state index contributed by atoms with van der Waals surface area (Å²) in [5, 5.41) is 3.09. The predicted molar refractivity (Wildman–Crippen MR) is 83.7 cm³/mol. The van der Waals surface area contributed by atoms with Crippen LogP contribution >= 0.6 is 0 Å². The largest absolute Gasteiger partial charge is 0.375 e. The molecule has 1 aromatic heterocycles. The molecule has 0 saturated heterocycles. The highest BCUT2D eigenvalue weighted by molar-refractivity contribution is 6.90. The van der Waals surface area contributed by atoms with Gasteiger partial charge in [0.1, 0.15) is 0 Å². The van der Waals surface area contributed by atoms with Crippen molar-refractivity contribution in [2.24, 2.45) is 0 Å². The van der Waals surface area contributed by atoms with Crippen LogP contribution in [0.25, 0.3) is 10.9 Å². The molecule has 3 heteroatoms. The number of hydrogen-bond acceptors (Lipinski definition) is 0. The van der Waals surface area contributed by atoms with Gasteiger partial charge in [-0.2, -0.15) is 0 Å². The average molecular weight is 262 g/mol. The third kappa shape index (κ3) is 2.26. The highest BCUT2D eigenvalue weighted by atomic mass is 28.3. The molecule has 0 atom stereocenters. The van der Waals surface area contributed by atoms with Crippen LogP contribution in [0.3, 0.4) is 0 Å². The van der Waals surface area contributed by atoms with Gasteiger partial charge in [-0.15, -0.1) is 0 Å². The van der Waals surface area contributed by atoms with Crippen molar-refractivity contribution >= 4 is 32.4 Å². The molecule has 0 fully saturated rings. The predicted octanol–water partition coefficient (Wildman–Crippen LogP) is 3.87. The van der Waals surface area contributed by atoms with E-state index in [-0.39, 0.29) is 0 Å². The van der Waals surface area contributed by atoms with Crippen molar-refractivity contribution in [2.75, 3.05) is 0 Å². The summed E-state index contributed by atoms with van der Waals surface area (Å²) in [5.74, 6) is 0. The van der Waals surface area contributed by atoms with Crippen LogP contribution in [0.4, 0.5) is 0 Å². The highest BCUT2D eigenvalue weighted by Gasteiger charge is 2.26. The molecule has 92 valence electrons. The van der Waals surface area contributed by atoms with Crippen molar-refractivity contribution in [1.29, 1.82) is 0 Å². The van der Waals surface area contributed by atoms with E-state index in [1.807, 2.05) is 0 Å². The standard InChI is InChI=1S/C14H23NSi2/c1-16(2,3)14-11-15(17(4,5)6)13-10-8-7-9-12(13)14/h7-11H,1-6H3. The van der Waals surface area contributed by atoms with Gasteiger partial charge in [-0.05, 0) is 22.8 Å². The first-order valence-electron chi connectivity index (χ1n) is 6.32. The Morgan fingerprint density at radius 2 is 1.47 bits per heavy atom.